The number of rotatable bonds is 9. The van der Waals surface area contributed by atoms with Crippen LogP contribution in [0.4, 0.5) is 14.8 Å². The minimum absolute atomic E-state index is 0.0268. The van der Waals surface area contributed by atoms with Gasteiger partial charge >= 0.3 is 12.6 Å². The summed E-state index contributed by atoms with van der Waals surface area (Å²) in [5.41, 5.74) is 3.24. The minimum atomic E-state index is -2.87. The molecule has 0 aliphatic carbocycles. The molecule has 10 nitrogen and oxygen atoms in total. The van der Waals surface area contributed by atoms with Crippen LogP contribution in [-0.2, 0) is 16.1 Å². The van der Waals surface area contributed by atoms with Crippen molar-refractivity contribution in [1.29, 1.82) is 0 Å². The van der Waals surface area contributed by atoms with E-state index in [4.69, 9.17) is 14.4 Å². The number of nitrogens with one attached hydrogen (secondary N) is 1. The summed E-state index contributed by atoms with van der Waals surface area (Å²) in [5.74, 6) is 1.02. The van der Waals surface area contributed by atoms with Gasteiger partial charge in [0.15, 0.2) is 0 Å². The first kappa shape index (κ1) is 29.9. The minimum Gasteiger partial charge on any atom is -0.483 e. The van der Waals surface area contributed by atoms with Crippen LogP contribution < -0.4 is 15.0 Å². The van der Waals surface area contributed by atoms with Gasteiger partial charge in [-0.05, 0) is 68.5 Å². The molecule has 2 aliphatic heterocycles. The lowest BCUT2D eigenvalue weighted by molar-refractivity contribution is -0.126. The molecular formula is C29H35F2N5O5. The smallest absolute Gasteiger partial charge is 0.387 e. The van der Waals surface area contributed by atoms with Gasteiger partial charge in [-0.25, -0.2) is 0 Å². The number of carbonyl (C=O) groups is 2. The lowest BCUT2D eigenvalue weighted by Crippen LogP contribution is -2.42. The van der Waals surface area contributed by atoms with E-state index in [2.05, 4.69) is 56.3 Å². The molecule has 2 aliphatic rings. The number of nitrogens with zero attached hydrogens (tertiary/aromatic N) is 4. The predicted molar refractivity (Wildman–Crippen MR) is 148 cm³/mol. The lowest BCUT2D eigenvalue weighted by Gasteiger charge is -2.30. The van der Waals surface area contributed by atoms with Crippen molar-refractivity contribution in [3.05, 3.63) is 59.7 Å². The summed E-state index contributed by atoms with van der Waals surface area (Å²) in [6.07, 6.45) is 2.53. The van der Waals surface area contributed by atoms with Gasteiger partial charge in [-0.3, -0.25) is 14.5 Å². The highest BCUT2D eigenvalue weighted by molar-refractivity contribution is 5.79. The van der Waals surface area contributed by atoms with Gasteiger partial charge in [0.2, 0.25) is 11.7 Å². The van der Waals surface area contributed by atoms with E-state index < -0.39 is 6.61 Å². The molecule has 2 aromatic carbocycles. The number of piperidine rings is 1. The first-order valence-corrected chi connectivity index (χ1v) is 13.6. The first-order valence-electron chi connectivity index (χ1n) is 13.6. The van der Waals surface area contributed by atoms with E-state index in [1.165, 1.54) is 23.3 Å². The normalized spacial score (nSPS) is 17.7. The number of hydrogen-bond acceptors (Lipinski definition) is 8. The number of alkyl halides is 2. The van der Waals surface area contributed by atoms with Crippen LogP contribution in [0.15, 0.2) is 53.1 Å². The van der Waals surface area contributed by atoms with Crippen LogP contribution >= 0.6 is 0 Å². The summed E-state index contributed by atoms with van der Waals surface area (Å²) in [4.78, 5) is 30.1. The SMILES string of the molecule is Cc1ccc(CN2CCC(CNC(=O)C3CCN(c4nc(-c5ccc(OC(F)F)cc5)no4)CC3)C2)cc1.O=CO. The molecule has 0 spiro atoms. The predicted octanol–water partition coefficient (Wildman–Crippen LogP) is 4.20. The molecule has 220 valence electrons. The highest BCUT2D eigenvalue weighted by Crippen LogP contribution is 2.26. The Morgan fingerprint density at radius 3 is 2.46 bits per heavy atom. The molecule has 2 fully saturated rings. The van der Waals surface area contributed by atoms with Crippen molar-refractivity contribution in [2.24, 2.45) is 11.8 Å². The molecule has 0 saturated carbocycles. The number of carboxylic acid groups (broad SMARTS) is 1. The number of ether oxygens (including phenoxy) is 1. The van der Waals surface area contributed by atoms with E-state index in [9.17, 15) is 13.6 Å². The third-order valence-electron chi connectivity index (χ3n) is 7.35. The van der Waals surface area contributed by atoms with Gasteiger partial charge in [0, 0.05) is 44.2 Å². The number of aromatic nitrogens is 2. The Morgan fingerprint density at radius 1 is 1.12 bits per heavy atom. The van der Waals surface area contributed by atoms with Crippen molar-refractivity contribution in [3.8, 4) is 17.1 Å². The molecule has 0 bridgehead atoms. The van der Waals surface area contributed by atoms with Crippen LogP contribution in [0.1, 0.15) is 30.4 Å². The largest absolute Gasteiger partial charge is 0.483 e. The summed E-state index contributed by atoms with van der Waals surface area (Å²) < 4.78 is 34.5. The van der Waals surface area contributed by atoms with Crippen LogP contribution in [-0.4, -0.2) is 71.9 Å². The standard InChI is InChI=1S/C28H33F2N5O3.CH2O2/c1-19-2-4-20(5-3-19)17-34-13-10-21(18-34)16-31-26(36)23-11-14-35(15-12-23)28-32-25(33-38-28)22-6-8-24(9-7-22)37-27(29)30;2-1-3/h2-9,21,23,27H,10-18H2,1H3,(H,31,36);1H,(H,2,3). The van der Waals surface area contributed by atoms with Gasteiger partial charge in [-0.2, -0.15) is 13.8 Å². The van der Waals surface area contributed by atoms with Crippen molar-refractivity contribution < 1.29 is 32.7 Å². The summed E-state index contributed by atoms with van der Waals surface area (Å²) >= 11 is 0. The molecule has 1 aromatic heterocycles. The van der Waals surface area contributed by atoms with Crippen molar-refractivity contribution in [2.45, 2.75) is 39.3 Å². The third-order valence-corrected chi connectivity index (χ3v) is 7.35. The third kappa shape index (κ3) is 8.71. The molecule has 3 heterocycles. The van der Waals surface area contributed by atoms with E-state index in [0.29, 0.717) is 49.3 Å². The average molecular weight is 572 g/mol. The van der Waals surface area contributed by atoms with Crippen molar-refractivity contribution in [2.75, 3.05) is 37.6 Å². The number of benzene rings is 2. The maximum Gasteiger partial charge on any atom is 0.387 e. The Morgan fingerprint density at radius 2 is 1.80 bits per heavy atom. The Labute approximate surface area is 237 Å². The molecule has 41 heavy (non-hydrogen) atoms. The molecule has 0 radical (unpaired) electrons. The van der Waals surface area contributed by atoms with Crippen LogP contribution in [0.3, 0.4) is 0 Å². The highest BCUT2D eigenvalue weighted by atomic mass is 19.3. The van der Waals surface area contributed by atoms with Gasteiger partial charge in [0.25, 0.3) is 6.47 Å². The second-order valence-corrected chi connectivity index (χ2v) is 10.3. The zero-order chi connectivity index (χ0) is 29.2. The summed E-state index contributed by atoms with van der Waals surface area (Å²) in [5, 5.41) is 14.1. The fourth-order valence-corrected chi connectivity index (χ4v) is 5.14. The Hall–Kier alpha value is -4.06. The molecule has 12 heteroatoms. The number of halogens is 2. The van der Waals surface area contributed by atoms with Gasteiger partial charge in [0.05, 0.1) is 0 Å². The summed E-state index contributed by atoms with van der Waals surface area (Å²) in [7, 11) is 0. The Kier molecular flexibility index (Phi) is 10.6. The molecule has 5 rings (SSSR count). The Balaban J connectivity index is 0.00000124. The maximum atomic E-state index is 12.8. The summed E-state index contributed by atoms with van der Waals surface area (Å²) in [6.45, 7) is 4.02. The molecule has 2 N–H and O–H groups in total. The van der Waals surface area contributed by atoms with E-state index in [-0.39, 0.29) is 24.0 Å². The van der Waals surface area contributed by atoms with E-state index in [0.717, 1.165) is 32.6 Å². The van der Waals surface area contributed by atoms with Crippen LogP contribution in [0.25, 0.3) is 11.4 Å². The topological polar surface area (TPSA) is 121 Å². The van der Waals surface area contributed by atoms with Gasteiger partial charge in [-0.15, -0.1) is 0 Å². The molecule has 1 unspecified atom stereocenters. The van der Waals surface area contributed by atoms with Crippen LogP contribution in [0.5, 0.6) is 5.75 Å². The quantitative estimate of drug-likeness (QED) is 0.364. The maximum absolute atomic E-state index is 12.8. The monoisotopic (exact) mass is 571 g/mol. The Bertz CT molecular complexity index is 1250. The molecule has 2 saturated heterocycles. The highest BCUT2D eigenvalue weighted by Gasteiger charge is 2.29. The lowest BCUT2D eigenvalue weighted by atomic mass is 9.96. The number of amides is 1. The van der Waals surface area contributed by atoms with Gasteiger partial charge < -0.3 is 24.6 Å². The van der Waals surface area contributed by atoms with Gasteiger partial charge in [-0.1, -0.05) is 35.0 Å². The summed E-state index contributed by atoms with van der Waals surface area (Å²) in [6, 6.07) is 15.2. The van der Waals surface area contributed by atoms with Crippen molar-refractivity contribution in [1.82, 2.24) is 20.4 Å². The number of aryl methyl sites for hydroxylation is 1. The number of anilines is 1. The van der Waals surface area contributed by atoms with Crippen molar-refractivity contribution in [3.63, 3.8) is 0 Å². The number of hydrogen-bond donors (Lipinski definition) is 2. The second kappa shape index (κ2) is 14.5. The fourth-order valence-electron chi connectivity index (χ4n) is 5.14. The first-order chi connectivity index (χ1) is 19.8. The average Bonchev–Trinajstić information content (AvgIpc) is 3.64. The van der Waals surface area contributed by atoms with E-state index in [1.54, 1.807) is 12.1 Å². The molecule has 1 atom stereocenters. The molecule has 1 amide bonds. The van der Waals surface area contributed by atoms with Crippen molar-refractivity contribution >= 4 is 18.4 Å². The molecular weight excluding hydrogens is 536 g/mol. The second-order valence-electron chi connectivity index (χ2n) is 10.3. The fraction of sp³-hybridized carbons (Fsp3) is 0.448. The zero-order valence-corrected chi connectivity index (χ0v) is 22.9. The van der Waals surface area contributed by atoms with Crippen LogP contribution in [0, 0.1) is 18.8 Å². The molecule has 3 aromatic rings. The van der Waals surface area contributed by atoms with E-state index >= 15 is 0 Å². The van der Waals surface area contributed by atoms with E-state index in [1.807, 2.05) is 4.90 Å². The number of likely N-dealkylation sites (tertiary alicyclic amines) is 1. The van der Waals surface area contributed by atoms with Gasteiger partial charge in [0.1, 0.15) is 5.75 Å². The van der Waals surface area contributed by atoms with Crippen LogP contribution in [0.2, 0.25) is 0 Å². The zero-order valence-electron chi connectivity index (χ0n) is 22.9. The number of carbonyl (C=O) groups excluding carboxylic acids is 1.